The van der Waals surface area contributed by atoms with Crippen molar-refractivity contribution in [1.29, 1.82) is 0 Å². The van der Waals surface area contributed by atoms with Gasteiger partial charge in [-0.25, -0.2) is 0 Å². The lowest BCUT2D eigenvalue weighted by Crippen LogP contribution is -2.63. The molecule has 1 saturated heterocycles. The smallest absolute Gasteiger partial charge is 0.306 e. The third-order valence-corrected chi connectivity index (χ3v) is 13.9. The quantitative estimate of drug-likeness (QED) is 0.404. The standard InChI is InChI=1S/C23H42O3Si/c1-8-27(9-2,10-3)26-19-14-15-22(6)17(21(19,4)5)13-16-23(7)18(22)11-12-20(24)25-23/h17-19H,8-16H2,1-7H3/t17-,18+,19-,22-,23+/m0/s1. The fourth-order valence-corrected chi connectivity index (χ4v) is 10.4. The molecule has 0 spiro atoms. The molecule has 0 aromatic rings. The van der Waals surface area contributed by atoms with Gasteiger partial charge in [0.2, 0.25) is 0 Å². The molecule has 5 atom stereocenters. The minimum Gasteiger partial charge on any atom is -0.459 e. The average molecular weight is 395 g/mol. The number of carbonyl (C=O) groups is 1. The fraction of sp³-hybridized carbons (Fsp3) is 0.957. The van der Waals surface area contributed by atoms with Crippen molar-refractivity contribution in [3.05, 3.63) is 0 Å². The first-order chi connectivity index (χ1) is 12.6. The van der Waals surface area contributed by atoms with Crippen molar-refractivity contribution in [2.75, 3.05) is 0 Å². The van der Waals surface area contributed by atoms with Crippen LogP contribution >= 0.6 is 0 Å². The molecule has 3 fully saturated rings. The van der Waals surface area contributed by atoms with Crippen molar-refractivity contribution >= 4 is 14.3 Å². The van der Waals surface area contributed by atoms with Crippen LogP contribution < -0.4 is 0 Å². The van der Waals surface area contributed by atoms with Gasteiger partial charge in [-0.3, -0.25) is 4.79 Å². The van der Waals surface area contributed by atoms with Crippen LogP contribution in [0.5, 0.6) is 0 Å². The molecule has 2 aliphatic carbocycles. The summed E-state index contributed by atoms with van der Waals surface area (Å²) in [6.07, 6.45) is 6.53. The highest BCUT2D eigenvalue weighted by atomic mass is 28.4. The van der Waals surface area contributed by atoms with Gasteiger partial charge in [0.05, 0.1) is 6.10 Å². The summed E-state index contributed by atoms with van der Waals surface area (Å²) in [7, 11) is -1.60. The lowest BCUT2D eigenvalue weighted by molar-refractivity contribution is -0.225. The van der Waals surface area contributed by atoms with Gasteiger partial charge in [-0.1, -0.05) is 41.5 Å². The zero-order valence-corrected chi connectivity index (χ0v) is 19.8. The Morgan fingerprint density at radius 3 is 2.19 bits per heavy atom. The molecule has 3 aliphatic rings. The van der Waals surface area contributed by atoms with E-state index in [1.54, 1.807) is 0 Å². The Hall–Kier alpha value is -0.353. The van der Waals surface area contributed by atoms with Crippen molar-refractivity contribution in [3.8, 4) is 0 Å². The van der Waals surface area contributed by atoms with Crippen LogP contribution in [-0.2, 0) is 14.0 Å². The Bertz CT molecular complexity index is 562. The third-order valence-electron chi connectivity index (χ3n) is 9.24. The van der Waals surface area contributed by atoms with Crippen molar-refractivity contribution in [3.63, 3.8) is 0 Å². The Labute approximate surface area is 168 Å². The highest BCUT2D eigenvalue weighted by Crippen LogP contribution is 2.65. The lowest BCUT2D eigenvalue weighted by atomic mass is 9.44. The number of esters is 1. The van der Waals surface area contributed by atoms with Gasteiger partial charge in [-0.15, -0.1) is 0 Å². The molecule has 0 unspecified atom stereocenters. The van der Waals surface area contributed by atoms with Gasteiger partial charge in [0.15, 0.2) is 8.32 Å². The van der Waals surface area contributed by atoms with Gasteiger partial charge in [-0.2, -0.15) is 0 Å². The van der Waals surface area contributed by atoms with E-state index < -0.39 is 8.32 Å². The number of ether oxygens (including phenoxy) is 1. The molecule has 0 radical (unpaired) electrons. The molecular formula is C23H42O3Si. The molecule has 2 saturated carbocycles. The summed E-state index contributed by atoms with van der Waals surface area (Å²) in [6.45, 7) is 16.6. The summed E-state index contributed by atoms with van der Waals surface area (Å²) in [5.74, 6) is 1.15. The predicted octanol–water partition coefficient (Wildman–Crippen LogP) is 6.33. The van der Waals surface area contributed by atoms with Gasteiger partial charge in [0.25, 0.3) is 0 Å². The molecule has 4 heteroatoms. The molecule has 27 heavy (non-hydrogen) atoms. The van der Waals surface area contributed by atoms with Crippen molar-refractivity contribution in [1.82, 2.24) is 0 Å². The zero-order valence-electron chi connectivity index (χ0n) is 18.8. The molecule has 0 N–H and O–H groups in total. The maximum Gasteiger partial charge on any atom is 0.306 e. The number of hydrogen-bond acceptors (Lipinski definition) is 3. The van der Waals surface area contributed by atoms with E-state index in [9.17, 15) is 4.79 Å². The topological polar surface area (TPSA) is 35.5 Å². The van der Waals surface area contributed by atoms with Crippen molar-refractivity contribution in [2.24, 2.45) is 22.7 Å². The zero-order chi connectivity index (χ0) is 20.1. The second kappa shape index (κ2) is 7.16. The second-order valence-corrected chi connectivity index (χ2v) is 15.4. The van der Waals surface area contributed by atoms with E-state index in [2.05, 4.69) is 48.5 Å². The summed E-state index contributed by atoms with van der Waals surface area (Å²) in [5.41, 5.74) is 0.193. The van der Waals surface area contributed by atoms with Crippen LogP contribution in [-0.4, -0.2) is 26.0 Å². The maximum absolute atomic E-state index is 12.0. The van der Waals surface area contributed by atoms with Crippen LogP contribution in [0, 0.1) is 22.7 Å². The second-order valence-electron chi connectivity index (χ2n) is 10.7. The molecule has 3 rings (SSSR count). The summed E-state index contributed by atoms with van der Waals surface area (Å²) < 4.78 is 13.0. The van der Waals surface area contributed by atoms with Crippen LogP contribution in [0.25, 0.3) is 0 Å². The Morgan fingerprint density at radius 2 is 1.59 bits per heavy atom. The average Bonchev–Trinajstić information content (AvgIpc) is 2.60. The Morgan fingerprint density at radius 1 is 0.963 bits per heavy atom. The summed E-state index contributed by atoms with van der Waals surface area (Å²) in [5, 5.41) is 0. The molecule has 1 aliphatic heterocycles. The SMILES string of the molecule is CC[Si](CC)(CC)O[C@H]1CC[C@]2(C)[C@H]3CCC(=O)O[C@]3(C)CC[C@H]2C1(C)C. The van der Waals surface area contributed by atoms with Gasteiger partial charge in [-0.05, 0) is 73.9 Å². The molecule has 0 bridgehead atoms. The van der Waals surface area contributed by atoms with E-state index in [1.807, 2.05) is 0 Å². The van der Waals surface area contributed by atoms with E-state index in [0.29, 0.717) is 24.4 Å². The van der Waals surface area contributed by atoms with Gasteiger partial charge < -0.3 is 9.16 Å². The number of carbonyl (C=O) groups excluding carboxylic acids is 1. The molecule has 0 aromatic heterocycles. The highest BCUT2D eigenvalue weighted by molar-refractivity contribution is 6.73. The van der Waals surface area contributed by atoms with E-state index >= 15 is 0 Å². The Balaban J connectivity index is 1.87. The molecular weight excluding hydrogens is 352 g/mol. The Kier molecular flexibility index (Phi) is 5.66. The molecule has 0 amide bonds. The molecule has 3 nitrogen and oxygen atoms in total. The molecule has 1 heterocycles. The summed E-state index contributed by atoms with van der Waals surface area (Å²) >= 11 is 0. The van der Waals surface area contributed by atoms with Crippen LogP contribution in [0.2, 0.25) is 18.1 Å². The van der Waals surface area contributed by atoms with E-state index in [-0.39, 0.29) is 22.4 Å². The minimum absolute atomic E-state index is 0.0108. The predicted molar refractivity (Wildman–Crippen MR) is 113 cm³/mol. The monoisotopic (exact) mass is 394 g/mol. The van der Waals surface area contributed by atoms with Gasteiger partial charge >= 0.3 is 5.97 Å². The first-order valence-corrected chi connectivity index (χ1v) is 14.0. The molecule has 0 aromatic carbocycles. The largest absolute Gasteiger partial charge is 0.459 e. The van der Waals surface area contributed by atoms with E-state index in [4.69, 9.17) is 9.16 Å². The third kappa shape index (κ3) is 3.33. The van der Waals surface area contributed by atoms with Gasteiger partial charge in [0.1, 0.15) is 5.60 Å². The normalized spacial score (nSPS) is 41.4. The van der Waals surface area contributed by atoms with Crippen LogP contribution in [0.4, 0.5) is 0 Å². The van der Waals surface area contributed by atoms with Crippen molar-refractivity contribution in [2.45, 2.75) is 117 Å². The van der Waals surface area contributed by atoms with Gasteiger partial charge in [0, 0.05) is 12.3 Å². The number of rotatable bonds is 5. The van der Waals surface area contributed by atoms with Crippen LogP contribution in [0.15, 0.2) is 0 Å². The van der Waals surface area contributed by atoms with Crippen LogP contribution in [0.3, 0.4) is 0 Å². The fourth-order valence-electron chi connectivity index (χ4n) is 7.33. The van der Waals surface area contributed by atoms with Crippen molar-refractivity contribution < 1.29 is 14.0 Å². The van der Waals surface area contributed by atoms with E-state index in [1.165, 1.54) is 24.6 Å². The number of fused-ring (bicyclic) bond motifs is 3. The van der Waals surface area contributed by atoms with Crippen LogP contribution in [0.1, 0.15) is 87.0 Å². The first kappa shape index (κ1) is 21.4. The highest BCUT2D eigenvalue weighted by Gasteiger charge is 2.63. The summed E-state index contributed by atoms with van der Waals surface area (Å²) in [6, 6.07) is 3.68. The maximum atomic E-state index is 12.0. The minimum atomic E-state index is -1.60. The first-order valence-electron chi connectivity index (χ1n) is 11.5. The summed E-state index contributed by atoms with van der Waals surface area (Å²) in [4.78, 5) is 12.0. The van der Waals surface area contributed by atoms with E-state index in [0.717, 1.165) is 25.7 Å². The lowest BCUT2D eigenvalue weighted by Gasteiger charge is -2.64. The molecule has 156 valence electrons. The number of hydrogen-bond donors (Lipinski definition) is 0.